The third kappa shape index (κ3) is 2.33. The van der Waals surface area contributed by atoms with Crippen LogP contribution < -0.4 is 5.56 Å². The lowest BCUT2D eigenvalue weighted by atomic mass is 10.1. The Bertz CT molecular complexity index is 1150. The molecule has 0 saturated heterocycles. The molecule has 0 atom stereocenters. The molecule has 0 spiro atoms. The van der Waals surface area contributed by atoms with Gasteiger partial charge in [0.25, 0.3) is 5.56 Å². The second-order valence-electron chi connectivity index (χ2n) is 6.91. The summed E-state index contributed by atoms with van der Waals surface area (Å²) in [6.07, 6.45) is 4.38. The van der Waals surface area contributed by atoms with Crippen LogP contribution in [0.1, 0.15) is 32.9 Å². The maximum absolute atomic E-state index is 13.1. The molecule has 0 radical (unpaired) electrons. The van der Waals surface area contributed by atoms with Crippen molar-refractivity contribution in [3.8, 4) is 0 Å². The van der Waals surface area contributed by atoms with Gasteiger partial charge in [-0.25, -0.2) is 14.2 Å². The van der Waals surface area contributed by atoms with Crippen LogP contribution in [0.3, 0.4) is 0 Å². The number of aryl methyl sites for hydroxylation is 3. The van der Waals surface area contributed by atoms with Crippen LogP contribution in [0.4, 0.5) is 0 Å². The summed E-state index contributed by atoms with van der Waals surface area (Å²) in [6, 6.07) is 1.97. The molecule has 130 valence electrons. The van der Waals surface area contributed by atoms with Gasteiger partial charge in [0.2, 0.25) is 0 Å². The Kier molecular flexibility index (Phi) is 3.59. The van der Waals surface area contributed by atoms with E-state index in [-0.39, 0.29) is 5.56 Å². The average molecular weight is 338 g/mol. The molecule has 0 aromatic carbocycles. The first-order valence-corrected chi connectivity index (χ1v) is 8.74. The minimum Gasteiger partial charge on any atom is -0.292 e. The van der Waals surface area contributed by atoms with Crippen LogP contribution >= 0.6 is 0 Å². The van der Waals surface area contributed by atoms with Crippen LogP contribution in [0.2, 0.25) is 0 Å². The minimum atomic E-state index is -0.0123. The minimum absolute atomic E-state index is 0.0123. The van der Waals surface area contributed by atoms with Gasteiger partial charge in [0.05, 0.1) is 28.2 Å². The molecule has 4 rings (SSSR count). The van der Waals surface area contributed by atoms with Crippen molar-refractivity contribution in [1.82, 2.24) is 28.9 Å². The van der Waals surface area contributed by atoms with Gasteiger partial charge in [0, 0.05) is 25.4 Å². The van der Waals surface area contributed by atoms with Crippen molar-refractivity contribution in [3.05, 3.63) is 34.5 Å². The van der Waals surface area contributed by atoms with Crippen LogP contribution in [-0.2, 0) is 13.1 Å². The number of hydrogen-bond donors (Lipinski definition) is 0. The first-order chi connectivity index (χ1) is 12.0. The van der Waals surface area contributed by atoms with Crippen molar-refractivity contribution < 1.29 is 0 Å². The zero-order valence-electron chi connectivity index (χ0n) is 15.0. The molecule has 0 amide bonds. The lowest BCUT2D eigenvalue weighted by Gasteiger charge is -2.12. The fraction of sp³-hybridized carbons (Fsp3) is 0.444. The summed E-state index contributed by atoms with van der Waals surface area (Å²) in [5.41, 5.74) is 3.27. The van der Waals surface area contributed by atoms with Gasteiger partial charge >= 0.3 is 0 Å². The fourth-order valence-corrected chi connectivity index (χ4v) is 3.33. The lowest BCUT2D eigenvalue weighted by molar-refractivity contribution is 0.514. The molecule has 0 aliphatic carbocycles. The van der Waals surface area contributed by atoms with E-state index in [1.165, 1.54) is 0 Å². The monoisotopic (exact) mass is 338 g/mol. The van der Waals surface area contributed by atoms with Gasteiger partial charge in [0.15, 0.2) is 5.65 Å². The Hall–Kier alpha value is -2.70. The van der Waals surface area contributed by atoms with E-state index in [0.717, 1.165) is 40.9 Å². The van der Waals surface area contributed by atoms with E-state index in [1.54, 1.807) is 12.4 Å². The molecular weight excluding hydrogens is 316 g/mol. The van der Waals surface area contributed by atoms with Crippen LogP contribution in [0.15, 0.2) is 23.3 Å². The topological polar surface area (TPSA) is 70.0 Å². The number of nitrogens with zero attached hydrogens (tertiary/aromatic N) is 6. The zero-order valence-corrected chi connectivity index (χ0v) is 15.0. The van der Waals surface area contributed by atoms with Crippen molar-refractivity contribution >= 4 is 27.6 Å². The predicted octanol–water partition coefficient (Wildman–Crippen LogP) is 2.77. The SMILES string of the molecule is CCn1ncc2c1ncc1c(=O)n(CCC(C)C)c3cc(C)nn3c12. The predicted molar refractivity (Wildman–Crippen MR) is 97.9 cm³/mol. The summed E-state index contributed by atoms with van der Waals surface area (Å²) < 4.78 is 5.53. The summed E-state index contributed by atoms with van der Waals surface area (Å²) in [6.45, 7) is 9.70. The van der Waals surface area contributed by atoms with Crippen molar-refractivity contribution in [1.29, 1.82) is 0 Å². The van der Waals surface area contributed by atoms with Crippen LogP contribution in [-0.4, -0.2) is 28.9 Å². The van der Waals surface area contributed by atoms with Crippen LogP contribution in [0.25, 0.3) is 27.6 Å². The summed E-state index contributed by atoms with van der Waals surface area (Å²) >= 11 is 0. The highest BCUT2D eigenvalue weighted by atomic mass is 16.1. The Morgan fingerprint density at radius 2 is 2.00 bits per heavy atom. The molecule has 0 bridgehead atoms. The Labute approximate surface area is 144 Å². The normalized spacial score (nSPS) is 12.2. The number of hydrogen-bond acceptors (Lipinski definition) is 4. The first kappa shape index (κ1) is 15.8. The van der Waals surface area contributed by atoms with Gasteiger partial charge < -0.3 is 0 Å². The van der Waals surface area contributed by atoms with Gasteiger partial charge in [-0.1, -0.05) is 13.8 Å². The molecule has 0 N–H and O–H groups in total. The lowest BCUT2D eigenvalue weighted by Crippen LogP contribution is -2.24. The molecule has 25 heavy (non-hydrogen) atoms. The van der Waals surface area contributed by atoms with Gasteiger partial charge in [-0.2, -0.15) is 10.2 Å². The van der Waals surface area contributed by atoms with E-state index >= 15 is 0 Å². The van der Waals surface area contributed by atoms with Gasteiger partial charge in [-0.05, 0) is 26.2 Å². The van der Waals surface area contributed by atoms with E-state index in [4.69, 9.17) is 0 Å². The van der Waals surface area contributed by atoms with Crippen molar-refractivity contribution in [2.45, 2.75) is 47.2 Å². The van der Waals surface area contributed by atoms with Crippen molar-refractivity contribution in [2.75, 3.05) is 0 Å². The highest BCUT2D eigenvalue weighted by Crippen LogP contribution is 2.23. The number of fused-ring (bicyclic) bond motifs is 5. The Balaban J connectivity index is 2.14. The summed E-state index contributed by atoms with van der Waals surface area (Å²) in [4.78, 5) is 17.6. The number of rotatable bonds is 4. The second-order valence-corrected chi connectivity index (χ2v) is 6.91. The third-order valence-electron chi connectivity index (χ3n) is 4.64. The quantitative estimate of drug-likeness (QED) is 0.574. The molecule has 0 saturated carbocycles. The second kappa shape index (κ2) is 5.68. The molecule has 0 unspecified atom stereocenters. The largest absolute Gasteiger partial charge is 0.292 e. The van der Waals surface area contributed by atoms with Crippen LogP contribution in [0, 0.1) is 12.8 Å². The van der Waals surface area contributed by atoms with E-state index < -0.39 is 0 Å². The summed E-state index contributed by atoms with van der Waals surface area (Å²) in [7, 11) is 0. The maximum atomic E-state index is 13.1. The van der Waals surface area contributed by atoms with Crippen LogP contribution in [0.5, 0.6) is 0 Å². The average Bonchev–Trinajstić information content (AvgIpc) is 3.16. The summed E-state index contributed by atoms with van der Waals surface area (Å²) in [5, 5.41) is 10.5. The van der Waals surface area contributed by atoms with Gasteiger partial charge in [-0.15, -0.1) is 0 Å². The molecule has 4 heterocycles. The number of pyridine rings is 1. The molecule has 7 heteroatoms. The standard InChI is InChI=1S/C18H22N6O/c1-5-23-17-13(10-20-23)16-14(9-19-17)18(25)22(7-6-11(2)3)15-8-12(4)21-24(15)16/h8-11H,5-7H2,1-4H3. The Morgan fingerprint density at radius 1 is 1.20 bits per heavy atom. The van der Waals surface area contributed by atoms with E-state index in [1.807, 2.05) is 33.7 Å². The highest BCUT2D eigenvalue weighted by Gasteiger charge is 2.17. The van der Waals surface area contributed by atoms with E-state index in [2.05, 4.69) is 29.0 Å². The first-order valence-electron chi connectivity index (χ1n) is 8.74. The smallest absolute Gasteiger partial charge is 0.263 e. The highest BCUT2D eigenvalue weighted by molar-refractivity contribution is 6.02. The van der Waals surface area contributed by atoms with E-state index in [9.17, 15) is 4.79 Å². The molecule has 7 nitrogen and oxygen atoms in total. The van der Waals surface area contributed by atoms with Gasteiger partial charge in [-0.3, -0.25) is 9.36 Å². The Morgan fingerprint density at radius 3 is 2.72 bits per heavy atom. The number of aromatic nitrogens is 6. The third-order valence-corrected chi connectivity index (χ3v) is 4.64. The van der Waals surface area contributed by atoms with Crippen molar-refractivity contribution in [3.63, 3.8) is 0 Å². The molecule has 4 aromatic rings. The fourth-order valence-electron chi connectivity index (χ4n) is 3.33. The van der Waals surface area contributed by atoms with E-state index in [0.29, 0.717) is 17.8 Å². The zero-order chi connectivity index (χ0) is 17.7. The molecule has 4 aromatic heterocycles. The molecule has 0 aliphatic heterocycles. The molecule has 0 aliphatic rings. The summed E-state index contributed by atoms with van der Waals surface area (Å²) in [5.74, 6) is 0.523. The van der Waals surface area contributed by atoms with Gasteiger partial charge in [0.1, 0.15) is 5.65 Å². The maximum Gasteiger partial charge on any atom is 0.263 e. The molecule has 0 fully saturated rings. The molecular formula is C18H22N6O. The van der Waals surface area contributed by atoms with Crippen molar-refractivity contribution in [2.24, 2.45) is 5.92 Å².